The predicted octanol–water partition coefficient (Wildman–Crippen LogP) is 1.10. The molecule has 0 bridgehead atoms. The van der Waals surface area contributed by atoms with Gasteiger partial charge in [-0.05, 0) is 37.5 Å². The van der Waals surface area contributed by atoms with Crippen molar-refractivity contribution in [2.75, 3.05) is 18.0 Å². The molecule has 88 valence electrons. The number of hydrogen-bond donors (Lipinski definition) is 2. The van der Waals surface area contributed by atoms with Gasteiger partial charge in [0.15, 0.2) is 0 Å². The van der Waals surface area contributed by atoms with E-state index in [1.807, 2.05) is 12.1 Å². The zero-order valence-corrected chi connectivity index (χ0v) is 9.50. The molecule has 0 saturated carbocycles. The van der Waals surface area contributed by atoms with E-state index in [2.05, 4.69) is 9.88 Å². The number of β-amino-alcohol motifs (C(OH)–C–C–N with tert-alkyl or cyclic N) is 1. The second kappa shape index (κ2) is 4.80. The Morgan fingerprint density at radius 1 is 1.56 bits per heavy atom. The second-order valence-electron chi connectivity index (χ2n) is 4.37. The monoisotopic (exact) mass is 222 g/mol. The molecule has 1 aromatic heterocycles. The molecule has 1 aliphatic heterocycles. The molecule has 1 fully saturated rings. The average molecular weight is 222 g/mol. The van der Waals surface area contributed by atoms with Crippen LogP contribution in [-0.4, -0.2) is 34.4 Å². The van der Waals surface area contributed by atoms with Gasteiger partial charge in [-0.25, -0.2) is 4.98 Å². The minimum atomic E-state index is -0.475. The Bertz CT molecular complexity index is 355. The van der Waals surface area contributed by atoms with Gasteiger partial charge in [-0.1, -0.05) is 0 Å². The van der Waals surface area contributed by atoms with Crippen molar-refractivity contribution in [3.63, 3.8) is 0 Å². The lowest BCUT2D eigenvalue weighted by atomic mass is 10.1. The number of aliphatic hydroxyl groups excluding tert-OH is 2. The van der Waals surface area contributed by atoms with Crippen molar-refractivity contribution in [2.24, 2.45) is 0 Å². The first-order chi connectivity index (χ1) is 7.66. The van der Waals surface area contributed by atoms with Crippen LogP contribution in [0.25, 0.3) is 0 Å². The maximum atomic E-state index is 9.60. The highest BCUT2D eigenvalue weighted by molar-refractivity contribution is 5.42. The van der Waals surface area contributed by atoms with Crippen molar-refractivity contribution in [3.8, 4) is 0 Å². The van der Waals surface area contributed by atoms with Crippen LogP contribution in [0.15, 0.2) is 18.3 Å². The summed E-state index contributed by atoms with van der Waals surface area (Å²) < 4.78 is 0. The standard InChI is InChI=1S/C12H18N2O2/c1-9(15)10-4-5-13-12(7-10)14-6-2-3-11(16)8-14/h4-5,7,9,11,15-16H,2-3,6,8H2,1H3/t9-,11?/m1/s1. The van der Waals surface area contributed by atoms with Gasteiger partial charge in [0.2, 0.25) is 0 Å². The summed E-state index contributed by atoms with van der Waals surface area (Å²) in [6, 6.07) is 3.71. The molecule has 2 N–H and O–H groups in total. The van der Waals surface area contributed by atoms with Gasteiger partial charge in [0.05, 0.1) is 12.2 Å². The molecule has 0 aliphatic carbocycles. The number of pyridine rings is 1. The SMILES string of the molecule is C[C@@H](O)c1ccnc(N2CCCC(O)C2)c1. The van der Waals surface area contributed by atoms with Crippen molar-refractivity contribution in [3.05, 3.63) is 23.9 Å². The lowest BCUT2D eigenvalue weighted by Crippen LogP contribution is -2.38. The molecule has 4 heteroatoms. The Morgan fingerprint density at radius 3 is 3.06 bits per heavy atom. The van der Waals surface area contributed by atoms with E-state index < -0.39 is 6.10 Å². The molecule has 0 radical (unpaired) electrons. The third-order valence-corrected chi connectivity index (χ3v) is 2.97. The van der Waals surface area contributed by atoms with E-state index in [0.29, 0.717) is 6.54 Å². The van der Waals surface area contributed by atoms with Crippen molar-refractivity contribution in [2.45, 2.75) is 32.0 Å². The number of rotatable bonds is 2. The largest absolute Gasteiger partial charge is 0.391 e. The van der Waals surface area contributed by atoms with E-state index in [1.54, 1.807) is 13.1 Å². The number of aliphatic hydroxyl groups is 2. The Labute approximate surface area is 95.5 Å². The molecule has 1 aliphatic rings. The maximum Gasteiger partial charge on any atom is 0.128 e. The lowest BCUT2D eigenvalue weighted by Gasteiger charge is -2.31. The van der Waals surface area contributed by atoms with Crippen LogP contribution in [-0.2, 0) is 0 Å². The number of anilines is 1. The van der Waals surface area contributed by atoms with Gasteiger partial charge in [-0.2, -0.15) is 0 Å². The summed E-state index contributed by atoms with van der Waals surface area (Å²) in [7, 11) is 0. The van der Waals surface area contributed by atoms with E-state index in [-0.39, 0.29) is 6.10 Å². The van der Waals surface area contributed by atoms with E-state index in [1.165, 1.54) is 0 Å². The normalized spacial score (nSPS) is 23.2. The van der Waals surface area contributed by atoms with Crippen LogP contribution in [0, 0.1) is 0 Å². The van der Waals surface area contributed by atoms with Crippen LogP contribution in [0.2, 0.25) is 0 Å². The highest BCUT2D eigenvalue weighted by Gasteiger charge is 2.19. The van der Waals surface area contributed by atoms with Crippen LogP contribution in [0.3, 0.4) is 0 Å². The molecule has 0 spiro atoms. The van der Waals surface area contributed by atoms with Crippen molar-refractivity contribution in [1.29, 1.82) is 0 Å². The first-order valence-electron chi connectivity index (χ1n) is 5.74. The molecule has 2 atom stereocenters. The molecule has 0 amide bonds. The van der Waals surface area contributed by atoms with Gasteiger partial charge in [-0.15, -0.1) is 0 Å². The molecule has 0 aromatic carbocycles. The fraction of sp³-hybridized carbons (Fsp3) is 0.583. The van der Waals surface area contributed by atoms with Gasteiger partial charge in [0.1, 0.15) is 5.82 Å². The molecule has 2 rings (SSSR count). The van der Waals surface area contributed by atoms with Crippen molar-refractivity contribution in [1.82, 2.24) is 4.98 Å². The lowest BCUT2D eigenvalue weighted by molar-refractivity contribution is 0.154. The van der Waals surface area contributed by atoms with Crippen LogP contribution < -0.4 is 4.90 Å². The van der Waals surface area contributed by atoms with E-state index in [4.69, 9.17) is 0 Å². The summed E-state index contributed by atoms with van der Waals surface area (Å²) in [6.45, 7) is 3.30. The van der Waals surface area contributed by atoms with E-state index >= 15 is 0 Å². The number of aromatic nitrogens is 1. The Kier molecular flexibility index (Phi) is 3.41. The molecule has 4 nitrogen and oxygen atoms in total. The van der Waals surface area contributed by atoms with Gasteiger partial charge >= 0.3 is 0 Å². The third-order valence-electron chi connectivity index (χ3n) is 2.97. The Hall–Kier alpha value is -1.13. The van der Waals surface area contributed by atoms with Crippen molar-refractivity contribution >= 4 is 5.82 Å². The van der Waals surface area contributed by atoms with Gasteiger partial charge in [-0.3, -0.25) is 0 Å². The Morgan fingerprint density at radius 2 is 2.38 bits per heavy atom. The van der Waals surface area contributed by atoms with Gasteiger partial charge < -0.3 is 15.1 Å². The summed E-state index contributed by atoms with van der Waals surface area (Å²) in [6.07, 6.45) is 2.83. The van der Waals surface area contributed by atoms with Crippen molar-refractivity contribution < 1.29 is 10.2 Å². The molecule has 1 aromatic rings. The summed E-state index contributed by atoms with van der Waals surface area (Å²) >= 11 is 0. The fourth-order valence-electron chi connectivity index (χ4n) is 2.03. The average Bonchev–Trinajstić information content (AvgIpc) is 2.29. The first-order valence-corrected chi connectivity index (χ1v) is 5.74. The minimum Gasteiger partial charge on any atom is -0.391 e. The van der Waals surface area contributed by atoms with Crippen LogP contribution in [0.5, 0.6) is 0 Å². The molecule has 16 heavy (non-hydrogen) atoms. The highest BCUT2D eigenvalue weighted by atomic mass is 16.3. The van der Waals surface area contributed by atoms with E-state index in [0.717, 1.165) is 30.8 Å². The zero-order chi connectivity index (χ0) is 11.5. The second-order valence-corrected chi connectivity index (χ2v) is 4.37. The van der Waals surface area contributed by atoms with Gasteiger partial charge in [0, 0.05) is 19.3 Å². The number of piperidine rings is 1. The highest BCUT2D eigenvalue weighted by Crippen LogP contribution is 2.21. The van der Waals surface area contributed by atoms with E-state index in [9.17, 15) is 10.2 Å². The topological polar surface area (TPSA) is 56.6 Å². The number of nitrogens with zero attached hydrogens (tertiary/aromatic N) is 2. The summed E-state index contributed by atoms with van der Waals surface area (Å²) in [5, 5.41) is 19.1. The summed E-state index contributed by atoms with van der Waals surface area (Å²) in [5.74, 6) is 0.845. The molecule has 1 unspecified atom stereocenters. The molecule has 2 heterocycles. The quantitative estimate of drug-likeness (QED) is 0.786. The first kappa shape index (κ1) is 11.4. The van der Waals surface area contributed by atoms with Crippen LogP contribution in [0.4, 0.5) is 5.82 Å². The number of hydrogen-bond acceptors (Lipinski definition) is 4. The maximum absolute atomic E-state index is 9.60. The van der Waals surface area contributed by atoms with Crippen LogP contribution >= 0.6 is 0 Å². The fourth-order valence-corrected chi connectivity index (χ4v) is 2.03. The smallest absolute Gasteiger partial charge is 0.128 e. The van der Waals surface area contributed by atoms with Gasteiger partial charge in [0.25, 0.3) is 0 Å². The zero-order valence-electron chi connectivity index (χ0n) is 9.50. The summed E-state index contributed by atoms with van der Waals surface area (Å²) in [5.41, 5.74) is 0.866. The predicted molar refractivity (Wildman–Crippen MR) is 62.3 cm³/mol. The molecule has 1 saturated heterocycles. The molecular weight excluding hydrogens is 204 g/mol. The Balaban J connectivity index is 2.16. The molecular formula is C12H18N2O2. The third kappa shape index (κ3) is 2.51. The minimum absolute atomic E-state index is 0.259. The summed E-state index contributed by atoms with van der Waals surface area (Å²) in [4.78, 5) is 6.35. The van der Waals surface area contributed by atoms with Crippen LogP contribution in [0.1, 0.15) is 31.4 Å².